The van der Waals surface area contributed by atoms with Crippen LogP contribution in [0.3, 0.4) is 0 Å². The number of imide groups is 1. The summed E-state index contributed by atoms with van der Waals surface area (Å²) in [5, 5.41) is 10.6. The van der Waals surface area contributed by atoms with Gasteiger partial charge in [0, 0.05) is 17.9 Å². The molecule has 3 fully saturated rings. The molecule has 6 atom stereocenters. The number of aromatic hydroxyl groups is 1. The Morgan fingerprint density at radius 3 is 2.38 bits per heavy atom. The van der Waals surface area contributed by atoms with Gasteiger partial charge in [0.1, 0.15) is 0 Å². The molecule has 7 nitrogen and oxygen atoms in total. The number of nitrogens with zero attached hydrogens (tertiary/aromatic N) is 1. The molecule has 1 heterocycles. The summed E-state index contributed by atoms with van der Waals surface area (Å²) in [5.74, 6) is -2.52. The van der Waals surface area contributed by atoms with Crippen LogP contribution < -0.4 is 4.74 Å². The summed E-state index contributed by atoms with van der Waals surface area (Å²) >= 11 is 3.44. The molecule has 0 radical (unpaired) electrons. The summed E-state index contributed by atoms with van der Waals surface area (Å²) in [7, 11) is 1.47. The van der Waals surface area contributed by atoms with Gasteiger partial charge in [0.2, 0.25) is 11.8 Å². The number of halogens is 1. The van der Waals surface area contributed by atoms with Crippen molar-refractivity contribution in [2.24, 2.45) is 29.1 Å². The maximum Gasteiger partial charge on any atom is 0.233 e. The van der Waals surface area contributed by atoms with Crippen molar-refractivity contribution in [3.63, 3.8) is 0 Å². The number of rotatable bonds is 3. The second-order valence-corrected chi connectivity index (χ2v) is 13.4. The van der Waals surface area contributed by atoms with Crippen LogP contribution in [0.15, 0.2) is 39.4 Å². The lowest BCUT2D eigenvalue weighted by molar-refractivity contribution is -0.144. The molecule has 0 aromatic heterocycles. The number of ether oxygens (including phenoxy) is 1. The molecule has 1 N–H and O–H groups in total. The van der Waals surface area contributed by atoms with Gasteiger partial charge in [-0.15, -0.1) is 0 Å². The smallest absolute Gasteiger partial charge is 0.233 e. The summed E-state index contributed by atoms with van der Waals surface area (Å²) < 4.78 is 5.89. The van der Waals surface area contributed by atoms with Gasteiger partial charge >= 0.3 is 0 Å². The molecular weight excluding hydrogens is 574 g/mol. The van der Waals surface area contributed by atoms with Crippen molar-refractivity contribution in [3.8, 4) is 11.5 Å². The Kier molecular flexibility index (Phi) is 6.63. The fourth-order valence-electron chi connectivity index (χ4n) is 8.60. The van der Waals surface area contributed by atoms with Gasteiger partial charge in [-0.05, 0) is 90.2 Å². The molecule has 5 aliphatic rings. The van der Waals surface area contributed by atoms with Crippen LogP contribution in [0, 0.1) is 29.1 Å². The third-order valence-corrected chi connectivity index (χ3v) is 11.4. The number of phenols is 1. The molecule has 8 heteroatoms. The van der Waals surface area contributed by atoms with Crippen molar-refractivity contribution >= 4 is 39.3 Å². The number of fused-ring (bicyclic) bond motifs is 4. The molecule has 4 aliphatic carbocycles. The van der Waals surface area contributed by atoms with Crippen LogP contribution in [0.2, 0.25) is 0 Å². The zero-order valence-corrected chi connectivity index (χ0v) is 25.0. The molecule has 0 bridgehead atoms. The fourth-order valence-corrected chi connectivity index (χ4v) is 9.06. The zero-order valence-electron chi connectivity index (χ0n) is 23.5. The van der Waals surface area contributed by atoms with Crippen LogP contribution >= 0.6 is 15.9 Å². The number of allylic oxidation sites excluding steroid dienone is 4. The lowest BCUT2D eigenvalue weighted by Crippen LogP contribution is -2.55. The van der Waals surface area contributed by atoms with Crippen molar-refractivity contribution < 1.29 is 29.0 Å². The van der Waals surface area contributed by atoms with Crippen LogP contribution in [0.25, 0.3) is 0 Å². The Morgan fingerprint density at radius 1 is 1.00 bits per heavy atom. The van der Waals surface area contributed by atoms with Gasteiger partial charge in [0.15, 0.2) is 23.1 Å². The number of Topliss-reactive ketones (excluding diaryl/α,β-unsaturated/α-hetero) is 2. The van der Waals surface area contributed by atoms with E-state index in [1.54, 1.807) is 30.9 Å². The Hall–Kier alpha value is -2.74. The topological polar surface area (TPSA) is 101 Å². The Morgan fingerprint density at radius 2 is 1.70 bits per heavy atom. The lowest BCUT2D eigenvalue weighted by atomic mass is 9.46. The van der Waals surface area contributed by atoms with Gasteiger partial charge in [0.05, 0.1) is 28.8 Å². The molecule has 0 spiro atoms. The van der Waals surface area contributed by atoms with E-state index in [2.05, 4.69) is 22.0 Å². The van der Waals surface area contributed by atoms with E-state index in [1.165, 1.54) is 7.11 Å². The van der Waals surface area contributed by atoms with Crippen molar-refractivity contribution in [1.29, 1.82) is 0 Å². The first-order chi connectivity index (χ1) is 19.0. The number of benzene rings is 1. The number of likely N-dealkylation sites (tertiary alicyclic amines) is 1. The summed E-state index contributed by atoms with van der Waals surface area (Å²) in [6, 6.07) is 3.47. The average Bonchev–Trinajstić information content (AvgIpc) is 3.21. The first kappa shape index (κ1) is 27.4. The van der Waals surface area contributed by atoms with E-state index in [9.17, 15) is 24.3 Å². The third kappa shape index (κ3) is 3.67. The van der Waals surface area contributed by atoms with Gasteiger partial charge in [-0.3, -0.25) is 24.1 Å². The minimum absolute atomic E-state index is 0.0457. The Labute approximate surface area is 243 Å². The minimum atomic E-state index is -1.08. The molecule has 0 unspecified atom stereocenters. The number of amides is 2. The van der Waals surface area contributed by atoms with Gasteiger partial charge in [0.25, 0.3) is 0 Å². The summed E-state index contributed by atoms with van der Waals surface area (Å²) in [6.07, 6.45) is 7.74. The SMILES string of the molecule is COc1cc([C@H]2C3=CC[C@@H]4C(=O)N(C5CCCCC5)C(=O)[C@@H]4[C@@H]3C[C@H]3C(=O)C(C)=C(C)C(=O)[C@@]23C)cc(Br)c1O. The summed E-state index contributed by atoms with van der Waals surface area (Å²) in [4.78, 5) is 57.4. The summed E-state index contributed by atoms with van der Waals surface area (Å²) in [6.45, 7) is 5.32. The highest BCUT2D eigenvalue weighted by Crippen LogP contribution is 2.63. The van der Waals surface area contributed by atoms with E-state index in [4.69, 9.17) is 4.74 Å². The second-order valence-electron chi connectivity index (χ2n) is 12.5. The maximum atomic E-state index is 14.1. The van der Waals surface area contributed by atoms with E-state index in [0.717, 1.165) is 43.2 Å². The average molecular weight is 611 g/mol. The predicted molar refractivity (Wildman–Crippen MR) is 152 cm³/mol. The Balaban J connectivity index is 1.51. The molecule has 1 aromatic carbocycles. The van der Waals surface area contributed by atoms with Gasteiger partial charge < -0.3 is 9.84 Å². The highest BCUT2D eigenvalue weighted by Gasteiger charge is 2.64. The number of methoxy groups -OCH3 is 1. The van der Waals surface area contributed by atoms with Gasteiger partial charge in [-0.2, -0.15) is 0 Å². The number of ketones is 2. The molecule has 1 aromatic rings. The largest absolute Gasteiger partial charge is 0.503 e. The molecule has 212 valence electrons. The monoisotopic (exact) mass is 609 g/mol. The Bertz CT molecular complexity index is 1400. The fraction of sp³-hybridized carbons (Fsp3) is 0.562. The van der Waals surface area contributed by atoms with Crippen LogP contribution in [-0.4, -0.2) is 46.5 Å². The van der Waals surface area contributed by atoms with Crippen molar-refractivity contribution in [3.05, 3.63) is 45.0 Å². The number of hydrogen-bond donors (Lipinski definition) is 1. The number of carbonyl (C=O) groups excluding carboxylic acids is 4. The lowest BCUT2D eigenvalue weighted by Gasteiger charge is -2.54. The maximum absolute atomic E-state index is 14.1. The van der Waals surface area contributed by atoms with Crippen molar-refractivity contribution in [2.45, 2.75) is 77.7 Å². The van der Waals surface area contributed by atoms with E-state index >= 15 is 0 Å². The van der Waals surface area contributed by atoms with Crippen LogP contribution in [0.4, 0.5) is 0 Å². The first-order valence-corrected chi connectivity index (χ1v) is 15.2. The first-order valence-electron chi connectivity index (χ1n) is 14.4. The predicted octanol–water partition coefficient (Wildman–Crippen LogP) is 5.64. The number of carbonyl (C=O) groups is 4. The van der Waals surface area contributed by atoms with E-state index < -0.39 is 29.1 Å². The summed E-state index contributed by atoms with van der Waals surface area (Å²) in [5.41, 5.74) is 1.55. The van der Waals surface area contributed by atoms with Gasteiger partial charge in [-0.1, -0.05) is 37.8 Å². The number of hydrogen-bond acceptors (Lipinski definition) is 6. The van der Waals surface area contributed by atoms with E-state index in [1.807, 2.05) is 6.92 Å². The molecule has 6 rings (SSSR count). The second kappa shape index (κ2) is 9.68. The van der Waals surface area contributed by atoms with Crippen LogP contribution in [-0.2, 0) is 19.2 Å². The molecule has 40 heavy (non-hydrogen) atoms. The van der Waals surface area contributed by atoms with Crippen molar-refractivity contribution in [1.82, 2.24) is 4.90 Å². The molecule has 1 aliphatic heterocycles. The van der Waals surface area contributed by atoms with Crippen molar-refractivity contribution in [2.75, 3.05) is 7.11 Å². The third-order valence-electron chi connectivity index (χ3n) is 10.7. The highest BCUT2D eigenvalue weighted by atomic mass is 79.9. The molecule has 2 amide bonds. The molecule has 2 saturated carbocycles. The standard InChI is InChI=1S/C32H36BrNO6/c1-15-16(2)29(37)32(3)22(27(15)35)14-21-19(26(32)17-12-23(33)28(36)24(13-17)40-4)10-11-20-25(21)31(39)34(30(20)38)18-8-6-5-7-9-18/h10,12-13,18,20-22,25-26,36H,5-9,11,14H2,1-4H3/t20-,21+,22-,25-,26-,32+/m0/s1. The van der Waals surface area contributed by atoms with E-state index in [-0.39, 0.29) is 46.8 Å². The van der Waals surface area contributed by atoms with Gasteiger partial charge in [-0.25, -0.2) is 0 Å². The highest BCUT2D eigenvalue weighted by molar-refractivity contribution is 9.10. The van der Waals surface area contributed by atoms with Crippen LogP contribution in [0.5, 0.6) is 11.5 Å². The zero-order chi connectivity index (χ0) is 28.7. The number of phenolic OH excluding ortho intramolecular Hbond substituents is 1. The normalized spacial score (nSPS) is 34.5. The molecule has 1 saturated heterocycles. The molecular formula is C32H36BrNO6. The van der Waals surface area contributed by atoms with E-state index in [0.29, 0.717) is 28.5 Å². The minimum Gasteiger partial charge on any atom is -0.503 e. The van der Waals surface area contributed by atoms with Crippen LogP contribution in [0.1, 0.15) is 77.2 Å². The quantitative estimate of drug-likeness (QED) is 0.351.